The van der Waals surface area contributed by atoms with Gasteiger partial charge in [-0.25, -0.2) is 0 Å². The Labute approximate surface area is 65.9 Å². The molecule has 0 aromatic heterocycles. The highest BCUT2D eigenvalue weighted by molar-refractivity contribution is 8.93. The number of rotatable bonds is 0. The van der Waals surface area contributed by atoms with E-state index in [2.05, 4.69) is 0 Å². The minimum atomic E-state index is -0.0584. The van der Waals surface area contributed by atoms with Crippen molar-refractivity contribution in [2.75, 3.05) is 0 Å². The van der Waals surface area contributed by atoms with E-state index in [1.807, 2.05) is 13.8 Å². The number of ether oxygens (including phenoxy) is 1. The van der Waals surface area contributed by atoms with E-state index in [0.29, 0.717) is 5.90 Å². The first-order valence-corrected chi connectivity index (χ1v) is 2.87. The summed E-state index contributed by atoms with van der Waals surface area (Å²) in [5, 5.41) is 7.08. The molecule has 0 atom stereocenters. The molecule has 0 aliphatic carbocycles. The molecule has 1 aliphatic rings. The summed E-state index contributed by atoms with van der Waals surface area (Å²) in [4.78, 5) is 0. The second-order valence-electron chi connectivity index (χ2n) is 2.78. The van der Waals surface area contributed by atoms with Crippen LogP contribution in [0.25, 0.3) is 0 Å². The first-order chi connectivity index (χ1) is 3.60. The molecule has 0 amide bonds. The van der Waals surface area contributed by atoms with Crippen molar-refractivity contribution >= 4 is 22.9 Å². The third kappa shape index (κ3) is 2.35. The molecule has 0 aromatic carbocycles. The van der Waals surface area contributed by atoms with Crippen LogP contribution in [0.1, 0.15) is 26.7 Å². The molecule has 0 aromatic rings. The zero-order valence-electron chi connectivity index (χ0n) is 5.73. The summed E-state index contributed by atoms with van der Waals surface area (Å²) in [5.74, 6) is 0.440. The molecule has 54 valence electrons. The molecule has 0 spiro atoms. The molecular formula is C6H12BrNO. The molecule has 1 N–H and O–H groups in total. The summed E-state index contributed by atoms with van der Waals surface area (Å²) in [5.41, 5.74) is -0.0584. The lowest BCUT2D eigenvalue weighted by Gasteiger charge is -2.15. The van der Waals surface area contributed by atoms with Crippen molar-refractivity contribution in [1.29, 1.82) is 5.41 Å². The molecule has 2 nitrogen and oxygen atoms in total. The van der Waals surface area contributed by atoms with Crippen LogP contribution in [0.15, 0.2) is 0 Å². The van der Waals surface area contributed by atoms with Crippen LogP contribution in [0.2, 0.25) is 0 Å². The van der Waals surface area contributed by atoms with Crippen LogP contribution in [-0.2, 0) is 4.74 Å². The van der Waals surface area contributed by atoms with Crippen LogP contribution >= 0.6 is 17.0 Å². The highest BCUT2D eigenvalue weighted by Crippen LogP contribution is 2.24. The van der Waals surface area contributed by atoms with Gasteiger partial charge >= 0.3 is 0 Å². The molecular weight excluding hydrogens is 182 g/mol. The molecule has 0 radical (unpaired) electrons. The highest BCUT2D eigenvalue weighted by Gasteiger charge is 2.27. The summed E-state index contributed by atoms with van der Waals surface area (Å²) in [6.07, 6.45) is 1.80. The van der Waals surface area contributed by atoms with Gasteiger partial charge < -0.3 is 4.74 Å². The molecule has 1 rings (SSSR count). The Hall–Kier alpha value is -0.0500. The maximum atomic E-state index is 7.08. The Balaban J connectivity index is 0.000000640. The Morgan fingerprint density at radius 2 is 2.11 bits per heavy atom. The first kappa shape index (κ1) is 8.95. The molecule has 1 aliphatic heterocycles. The monoisotopic (exact) mass is 193 g/mol. The number of halogens is 1. The Kier molecular flexibility index (Phi) is 2.67. The molecule has 0 bridgehead atoms. The predicted molar refractivity (Wildman–Crippen MR) is 42.4 cm³/mol. The van der Waals surface area contributed by atoms with Crippen molar-refractivity contribution in [3.05, 3.63) is 0 Å². The van der Waals surface area contributed by atoms with Crippen molar-refractivity contribution in [2.45, 2.75) is 32.3 Å². The third-order valence-corrected chi connectivity index (χ3v) is 1.35. The van der Waals surface area contributed by atoms with Gasteiger partial charge in [-0.1, -0.05) is 0 Å². The second kappa shape index (κ2) is 2.69. The van der Waals surface area contributed by atoms with Gasteiger partial charge in [-0.05, 0) is 20.3 Å². The van der Waals surface area contributed by atoms with E-state index < -0.39 is 0 Å². The number of hydrogen-bond acceptors (Lipinski definition) is 2. The normalized spacial score (nSPS) is 22.7. The third-order valence-electron chi connectivity index (χ3n) is 1.35. The molecule has 1 fully saturated rings. The van der Waals surface area contributed by atoms with Gasteiger partial charge in [0.1, 0.15) is 5.60 Å². The van der Waals surface area contributed by atoms with Gasteiger partial charge in [0, 0.05) is 6.42 Å². The molecule has 1 saturated heterocycles. The SMILES string of the molecule is Br.CC1(C)CCC(=N)O1. The summed E-state index contributed by atoms with van der Waals surface area (Å²) in [6, 6.07) is 0. The van der Waals surface area contributed by atoms with Gasteiger partial charge in [-0.15, -0.1) is 17.0 Å². The zero-order valence-corrected chi connectivity index (χ0v) is 7.44. The van der Waals surface area contributed by atoms with E-state index in [9.17, 15) is 0 Å². The second-order valence-corrected chi connectivity index (χ2v) is 2.78. The smallest absolute Gasteiger partial charge is 0.181 e. The largest absolute Gasteiger partial charge is 0.475 e. The maximum Gasteiger partial charge on any atom is 0.181 e. The standard InChI is InChI=1S/C6H11NO.BrH/c1-6(2)4-3-5(7)8-6;/h7H,3-4H2,1-2H3;1H. The van der Waals surface area contributed by atoms with E-state index in [4.69, 9.17) is 10.1 Å². The molecule has 9 heavy (non-hydrogen) atoms. The van der Waals surface area contributed by atoms with Crippen LogP contribution in [0.3, 0.4) is 0 Å². The fraction of sp³-hybridized carbons (Fsp3) is 0.833. The number of nitrogens with one attached hydrogen (secondary N) is 1. The average molecular weight is 194 g/mol. The highest BCUT2D eigenvalue weighted by atomic mass is 79.9. The van der Waals surface area contributed by atoms with E-state index >= 15 is 0 Å². The molecule has 0 unspecified atom stereocenters. The van der Waals surface area contributed by atoms with E-state index in [1.165, 1.54) is 0 Å². The van der Waals surface area contributed by atoms with Crippen LogP contribution in [-0.4, -0.2) is 11.5 Å². The first-order valence-electron chi connectivity index (χ1n) is 2.87. The van der Waals surface area contributed by atoms with Gasteiger partial charge in [-0.3, -0.25) is 5.41 Å². The Bertz CT molecular complexity index is 122. The average Bonchev–Trinajstić information content (AvgIpc) is 1.82. The summed E-state index contributed by atoms with van der Waals surface area (Å²) in [6.45, 7) is 4.02. The summed E-state index contributed by atoms with van der Waals surface area (Å²) >= 11 is 0. The van der Waals surface area contributed by atoms with Gasteiger partial charge in [-0.2, -0.15) is 0 Å². The predicted octanol–water partition coefficient (Wildman–Crippen LogP) is 2.13. The zero-order chi connectivity index (χ0) is 6.20. The van der Waals surface area contributed by atoms with Gasteiger partial charge in [0.25, 0.3) is 0 Å². The van der Waals surface area contributed by atoms with Gasteiger partial charge in [0.2, 0.25) is 0 Å². The minimum Gasteiger partial charge on any atom is -0.475 e. The maximum absolute atomic E-state index is 7.08. The lowest BCUT2D eigenvalue weighted by Crippen LogP contribution is -2.17. The van der Waals surface area contributed by atoms with Crippen molar-refractivity contribution in [3.8, 4) is 0 Å². The van der Waals surface area contributed by atoms with Crippen LogP contribution in [0.5, 0.6) is 0 Å². The van der Waals surface area contributed by atoms with Gasteiger partial charge in [0.15, 0.2) is 5.90 Å². The van der Waals surface area contributed by atoms with Gasteiger partial charge in [0.05, 0.1) is 0 Å². The quantitative estimate of drug-likeness (QED) is 0.629. The molecule has 3 heteroatoms. The summed E-state index contributed by atoms with van der Waals surface area (Å²) < 4.78 is 5.13. The lowest BCUT2D eigenvalue weighted by atomic mass is 10.1. The number of hydrogen-bond donors (Lipinski definition) is 1. The van der Waals surface area contributed by atoms with Crippen molar-refractivity contribution in [3.63, 3.8) is 0 Å². The van der Waals surface area contributed by atoms with E-state index in [0.717, 1.165) is 12.8 Å². The minimum absolute atomic E-state index is 0. The topological polar surface area (TPSA) is 33.1 Å². The van der Waals surface area contributed by atoms with Crippen LogP contribution < -0.4 is 0 Å². The van der Waals surface area contributed by atoms with Crippen molar-refractivity contribution in [2.24, 2.45) is 0 Å². The molecule has 1 heterocycles. The van der Waals surface area contributed by atoms with E-state index in [-0.39, 0.29) is 22.6 Å². The van der Waals surface area contributed by atoms with Crippen LogP contribution in [0, 0.1) is 5.41 Å². The Morgan fingerprint density at radius 1 is 1.56 bits per heavy atom. The summed E-state index contributed by atoms with van der Waals surface area (Å²) in [7, 11) is 0. The van der Waals surface area contributed by atoms with Crippen molar-refractivity contribution in [1.82, 2.24) is 0 Å². The van der Waals surface area contributed by atoms with Crippen molar-refractivity contribution < 1.29 is 4.74 Å². The fourth-order valence-corrected chi connectivity index (χ4v) is 0.850. The Morgan fingerprint density at radius 3 is 2.22 bits per heavy atom. The fourth-order valence-electron chi connectivity index (χ4n) is 0.850. The lowest BCUT2D eigenvalue weighted by molar-refractivity contribution is 0.122. The molecule has 0 saturated carbocycles. The van der Waals surface area contributed by atoms with Crippen LogP contribution in [0.4, 0.5) is 0 Å². The van der Waals surface area contributed by atoms with E-state index in [1.54, 1.807) is 0 Å².